The van der Waals surface area contributed by atoms with Gasteiger partial charge in [-0.25, -0.2) is 5.84 Å². The van der Waals surface area contributed by atoms with Crippen molar-refractivity contribution in [1.82, 2.24) is 5.43 Å². The van der Waals surface area contributed by atoms with Crippen molar-refractivity contribution in [3.8, 4) is 0 Å². The average molecular weight is 206 g/mol. The van der Waals surface area contributed by atoms with Crippen molar-refractivity contribution in [2.24, 2.45) is 11.8 Å². The first kappa shape index (κ1) is 10.6. The smallest absolute Gasteiger partial charge is 0.271 e. The molecule has 0 bridgehead atoms. The fraction of sp³-hybridized carbons (Fsp3) is 0.857. The van der Waals surface area contributed by atoms with E-state index in [-0.39, 0.29) is 23.8 Å². The molecular weight excluding hydrogens is 192 g/mol. The van der Waals surface area contributed by atoms with Crippen molar-refractivity contribution >= 4 is 17.4 Å². The van der Waals surface area contributed by atoms with E-state index in [1.807, 2.05) is 0 Å². The highest BCUT2D eigenvalue weighted by Gasteiger charge is 2.29. The predicted molar refractivity (Wildman–Crippen MR) is 50.8 cm³/mol. The van der Waals surface area contributed by atoms with Crippen LogP contribution >= 0.6 is 12.2 Å². The number of aliphatic hydroxyl groups is 1. The van der Waals surface area contributed by atoms with Crippen LogP contribution in [0.1, 0.15) is 6.42 Å². The highest BCUT2D eigenvalue weighted by Crippen LogP contribution is 2.20. The molecule has 1 rings (SSSR count). The Hall–Kier alpha value is -0.430. The van der Waals surface area contributed by atoms with E-state index in [0.29, 0.717) is 19.6 Å². The maximum absolute atomic E-state index is 8.75. The molecule has 1 fully saturated rings. The summed E-state index contributed by atoms with van der Waals surface area (Å²) in [6.45, 7) is 1.25. The minimum absolute atomic E-state index is 0.0873. The molecule has 0 unspecified atom stereocenters. The van der Waals surface area contributed by atoms with Crippen LogP contribution < -0.4 is 11.3 Å². The lowest BCUT2D eigenvalue weighted by molar-refractivity contribution is 0.121. The van der Waals surface area contributed by atoms with E-state index in [2.05, 4.69) is 5.43 Å². The van der Waals surface area contributed by atoms with E-state index in [1.165, 1.54) is 0 Å². The SMILES string of the molecule is NNC(=S)O[C@H]1COC[C@H]1CCO. The Labute approximate surface area is 82.2 Å². The van der Waals surface area contributed by atoms with Crippen LogP contribution in [-0.4, -0.2) is 36.2 Å². The Balaban J connectivity index is 2.34. The van der Waals surface area contributed by atoms with E-state index in [9.17, 15) is 0 Å². The zero-order chi connectivity index (χ0) is 9.68. The van der Waals surface area contributed by atoms with Gasteiger partial charge in [0.15, 0.2) is 0 Å². The van der Waals surface area contributed by atoms with E-state index < -0.39 is 0 Å². The molecule has 1 heterocycles. The van der Waals surface area contributed by atoms with Gasteiger partial charge in [-0.1, -0.05) is 0 Å². The number of rotatable bonds is 3. The molecule has 0 saturated carbocycles. The predicted octanol–water partition coefficient (Wildman–Crippen LogP) is -0.851. The summed E-state index contributed by atoms with van der Waals surface area (Å²) in [6.07, 6.45) is 0.577. The summed E-state index contributed by atoms with van der Waals surface area (Å²) < 4.78 is 10.5. The first-order valence-corrected chi connectivity index (χ1v) is 4.54. The van der Waals surface area contributed by atoms with Crippen molar-refractivity contribution in [2.75, 3.05) is 19.8 Å². The lowest BCUT2D eigenvalue weighted by Gasteiger charge is -2.18. The third kappa shape index (κ3) is 3.07. The number of nitrogens with one attached hydrogen (secondary N) is 1. The van der Waals surface area contributed by atoms with Gasteiger partial charge in [-0.3, -0.25) is 5.43 Å². The summed E-state index contributed by atoms with van der Waals surface area (Å²) in [5.41, 5.74) is 2.25. The van der Waals surface area contributed by atoms with Gasteiger partial charge in [-0.15, -0.1) is 0 Å². The summed E-state index contributed by atoms with van der Waals surface area (Å²) in [6, 6.07) is 0. The summed E-state index contributed by atoms with van der Waals surface area (Å²) in [5, 5.41) is 8.92. The normalized spacial score (nSPS) is 27.2. The lowest BCUT2D eigenvalue weighted by Crippen LogP contribution is -2.36. The quantitative estimate of drug-likeness (QED) is 0.317. The van der Waals surface area contributed by atoms with Crippen LogP contribution in [0.3, 0.4) is 0 Å². The lowest BCUT2D eigenvalue weighted by atomic mass is 10.0. The Morgan fingerprint density at radius 3 is 3.08 bits per heavy atom. The third-order valence-electron chi connectivity index (χ3n) is 2.02. The molecule has 1 aliphatic rings. The summed E-state index contributed by atoms with van der Waals surface area (Å²) in [4.78, 5) is 0. The minimum atomic E-state index is -0.0873. The first-order valence-electron chi connectivity index (χ1n) is 4.13. The highest BCUT2D eigenvalue weighted by molar-refractivity contribution is 7.80. The van der Waals surface area contributed by atoms with Crippen LogP contribution in [0.5, 0.6) is 0 Å². The molecule has 1 saturated heterocycles. The monoisotopic (exact) mass is 206 g/mol. The Morgan fingerprint density at radius 1 is 1.69 bits per heavy atom. The van der Waals surface area contributed by atoms with Gasteiger partial charge >= 0.3 is 0 Å². The zero-order valence-electron chi connectivity index (χ0n) is 7.23. The topological polar surface area (TPSA) is 76.7 Å². The fourth-order valence-corrected chi connectivity index (χ4v) is 1.44. The van der Waals surface area contributed by atoms with E-state index in [4.69, 9.17) is 32.6 Å². The number of hydrogen-bond acceptors (Lipinski definition) is 5. The van der Waals surface area contributed by atoms with Crippen LogP contribution in [0.4, 0.5) is 0 Å². The van der Waals surface area contributed by atoms with Gasteiger partial charge < -0.3 is 14.6 Å². The molecule has 1 aliphatic heterocycles. The van der Waals surface area contributed by atoms with Gasteiger partial charge in [0.05, 0.1) is 13.2 Å². The van der Waals surface area contributed by atoms with Crippen LogP contribution in [0, 0.1) is 5.92 Å². The summed E-state index contributed by atoms with van der Waals surface area (Å²) in [7, 11) is 0. The maximum atomic E-state index is 8.75. The third-order valence-corrected chi connectivity index (χ3v) is 2.23. The van der Waals surface area contributed by atoms with Gasteiger partial charge in [-0.2, -0.15) is 0 Å². The van der Waals surface area contributed by atoms with E-state index in [1.54, 1.807) is 0 Å². The van der Waals surface area contributed by atoms with Gasteiger partial charge in [0.1, 0.15) is 6.10 Å². The molecule has 5 nitrogen and oxygen atoms in total. The average Bonchev–Trinajstić information content (AvgIpc) is 2.54. The molecule has 0 amide bonds. The molecule has 13 heavy (non-hydrogen) atoms. The number of thiocarbonyl (C=S) groups is 1. The van der Waals surface area contributed by atoms with Crippen LogP contribution in [0.25, 0.3) is 0 Å². The molecular formula is C7H14N2O3S. The number of hydrogen-bond donors (Lipinski definition) is 3. The number of hydrazine groups is 1. The maximum Gasteiger partial charge on any atom is 0.271 e. The summed E-state index contributed by atoms with van der Waals surface area (Å²) >= 11 is 4.75. The van der Waals surface area contributed by atoms with Gasteiger partial charge in [-0.05, 0) is 18.6 Å². The second kappa shape index (κ2) is 5.33. The van der Waals surface area contributed by atoms with Crippen molar-refractivity contribution in [1.29, 1.82) is 0 Å². The van der Waals surface area contributed by atoms with Crippen LogP contribution in [0.2, 0.25) is 0 Å². The fourth-order valence-electron chi connectivity index (χ4n) is 1.32. The molecule has 76 valence electrons. The molecule has 6 heteroatoms. The van der Waals surface area contributed by atoms with Crippen molar-refractivity contribution in [2.45, 2.75) is 12.5 Å². The molecule has 2 atom stereocenters. The number of aliphatic hydroxyl groups excluding tert-OH is 1. The Morgan fingerprint density at radius 2 is 2.46 bits per heavy atom. The van der Waals surface area contributed by atoms with Crippen LogP contribution in [0.15, 0.2) is 0 Å². The second-order valence-electron chi connectivity index (χ2n) is 2.90. The zero-order valence-corrected chi connectivity index (χ0v) is 8.05. The second-order valence-corrected chi connectivity index (χ2v) is 3.27. The van der Waals surface area contributed by atoms with Crippen molar-refractivity contribution in [3.05, 3.63) is 0 Å². The van der Waals surface area contributed by atoms with Crippen LogP contribution in [-0.2, 0) is 9.47 Å². The molecule has 0 radical (unpaired) electrons. The van der Waals surface area contributed by atoms with E-state index in [0.717, 1.165) is 0 Å². The molecule has 4 N–H and O–H groups in total. The van der Waals surface area contributed by atoms with Gasteiger partial charge in [0, 0.05) is 12.5 Å². The Bertz CT molecular complexity index is 179. The molecule has 0 aromatic carbocycles. The standard InChI is InChI=1S/C7H14N2O3S/c8-9-7(13)12-6-4-11-3-5(6)1-2-10/h5-6,10H,1-4,8H2,(H,9,13)/t5-,6+/m1/s1. The number of ether oxygens (including phenoxy) is 2. The highest BCUT2D eigenvalue weighted by atomic mass is 32.1. The van der Waals surface area contributed by atoms with Crippen molar-refractivity contribution in [3.63, 3.8) is 0 Å². The molecule has 0 aromatic rings. The van der Waals surface area contributed by atoms with E-state index >= 15 is 0 Å². The molecule has 0 aromatic heterocycles. The minimum Gasteiger partial charge on any atom is -0.464 e. The molecule has 0 spiro atoms. The molecule has 0 aliphatic carbocycles. The largest absolute Gasteiger partial charge is 0.464 e. The first-order chi connectivity index (χ1) is 6.27. The van der Waals surface area contributed by atoms with Crippen molar-refractivity contribution < 1.29 is 14.6 Å². The summed E-state index contributed by atoms with van der Waals surface area (Å²) in [5.74, 6) is 5.27. The van der Waals surface area contributed by atoms with Gasteiger partial charge in [0.25, 0.3) is 5.17 Å². The van der Waals surface area contributed by atoms with Gasteiger partial charge in [0.2, 0.25) is 0 Å². The Kier molecular flexibility index (Phi) is 4.37. The number of nitrogens with two attached hydrogens (primary N) is 1.